The number of carbonyl (C=O) groups excluding carboxylic acids is 2. The number of benzene rings is 2. The molecule has 0 unspecified atom stereocenters. The van der Waals surface area contributed by atoms with E-state index in [4.69, 9.17) is 5.26 Å². The number of rotatable bonds is 6. The van der Waals surface area contributed by atoms with Crippen LogP contribution in [0.2, 0.25) is 0 Å². The molecule has 3 rings (SSSR count). The van der Waals surface area contributed by atoms with Crippen LogP contribution in [-0.2, 0) is 9.59 Å². The topological polar surface area (TPSA) is 94.0 Å². The van der Waals surface area contributed by atoms with Crippen LogP contribution in [0.1, 0.15) is 18.4 Å². The molecule has 0 bridgehead atoms. The van der Waals surface area contributed by atoms with Gasteiger partial charge in [-0.15, -0.1) is 0 Å². The Morgan fingerprint density at radius 1 is 1.00 bits per heavy atom. The molecule has 1 fully saturated rings. The maximum absolute atomic E-state index is 12.0. The Balaban J connectivity index is 1.48. The smallest absolute Gasteiger partial charge is 0.243 e. The first-order chi connectivity index (χ1) is 12.1. The molecule has 6 nitrogen and oxygen atoms in total. The van der Waals surface area contributed by atoms with E-state index < -0.39 is 0 Å². The number of nitriles is 1. The van der Waals surface area contributed by atoms with Gasteiger partial charge in [0.05, 0.1) is 18.2 Å². The number of amides is 2. The minimum absolute atomic E-state index is 0.0692. The fourth-order valence-corrected chi connectivity index (χ4v) is 2.32. The Hall–Kier alpha value is -3.33. The summed E-state index contributed by atoms with van der Waals surface area (Å²) in [5.74, 6) is 0.0296. The van der Waals surface area contributed by atoms with E-state index in [-0.39, 0.29) is 24.3 Å². The third kappa shape index (κ3) is 4.82. The van der Waals surface area contributed by atoms with E-state index >= 15 is 0 Å². The number of nitrogens with zero attached hydrogens (tertiary/aromatic N) is 1. The lowest BCUT2D eigenvalue weighted by Gasteiger charge is -2.09. The standard InChI is InChI=1S/C19H18N4O2/c20-11-13-2-1-3-17(10-13)22-18(24)12-21-15-6-8-16(9-7-15)23-19(25)14-4-5-14/h1-3,6-10,14,21H,4-5,12H2,(H,22,24)(H,23,25). The average Bonchev–Trinajstić information content (AvgIpc) is 3.46. The molecule has 126 valence electrons. The molecule has 1 aliphatic carbocycles. The minimum Gasteiger partial charge on any atom is -0.376 e. The fraction of sp³-hybridized carbons (Fsp3) is 0.211. The summed E-state index contributed by atoms with van der Waals surface area (Å²) in [6, 6.07) is 16.0. The van der Waals surface area contributed by atoms with Gasteiger partial charge in [-0.05, 0) is 55.3 Å². The molecule has 2 aromatic rings. The summed E-state index contributed by atoms with van der Waals surface area (Å²) in [7, 11) is 0. The van der Waals surface area contributed by atoms with Crippen LogP contribution in [0, 0.1) is 17.2 Å². The van der Waals surface area contributed by atoms with Crippen LogP contribution < -0.4 is 16.0 Å². The minimum atomic E-state index is -0.207. The fourth-order valence-electron chi connectivity index (χ4n) is 2.32. The lowest BCUT2D eigenvalue weighted by Crippen LogP contribution is -2.21. The van der Waals surface area contributed by atoms with E-state index in [2.05, 4.69) is 16.0 Å². The number of anilines is 3. The summed E-state index contributed by atoms with van der Waals surface area (Å²) in [5.41, 5.74) is 2.61. The van der Waals surface area contributed by atoms with Crippen molar-refractivity contribution < 1.29 is 9.59 Å². The molecule has 0 aliphatic heterocycles. The van der Waals surface area contributed by atoms with Gasteiger partial charge >= 0.3 is 0 Å². The number of hydrogen-bond acceptors (Lipinski definition) is 4. The van der Waals surface area contributed by atoms with Gasteiger partial charge in [0.2, 0.25) is 11.8 Å². The Morgan fingerprint density at radius 3 is 2.40 bits per heavy atom. The molecule has 0 atom stereocenters. The molecule has 6 heteroatoms. The van der Waals surface area contributed by atoms with Gasteiger partial charge in [0.25, 0.3) is 0 Å². The molecular weight excluding hydrogens is 316 g/mol. The van der Waals surface area contributed by atoms with Gasteiger partial charge in [0, 0.05) is 23.0 Å². The largest absolute Gasteiger partial charge is 0.376 e. The van der Waals surface area contributed by atoms with Crippen molar-refractivity contribution in [3.05, 3.63) is 54.1 Å². The molecule has 0 saturated heterocycles. The molecule has 0 heterocycles. The van der Waals surface area contributed by atoms with Gasteiger partial charge in [0.1, 0.15) is 0 Å². The van der Waals surface area contributed by atoms with E-state index in [0.717, 1.165) is 24.2 Å². The maximum Gasteiger partial charge on any atom is 0.243 e. The predicted octanol–water partition coefficient (Wildman–Crippen LogP) is 2.96. The number of hydrogen-bond donors (Lipinski definition) is 3. The summed E-state index contributed by atoms with van der Waals surface area (Å²) in [6.07, 6.45) is 1.94. The number of nitrogens with one attached hydrogen (secondary N) is 3. The highest BCUT2D eigenvalue weighted by Crippen LogP contribution is 2.30. The van der Waals surface area contributed by atoms with Crippen molar-refractivity contribution in [2.45, 2.75) is 12.8 Å². The molecule has 2 aromatic carbocycles. The van der Waals surface area contributed by atoms with Crippen LogP contribution in [0.5, 0.6) is 0 Å². The van der Waals surface area contributed by atoms with E-state index in [0.29, 0.717) is 11.3 Å². The summed E-state index contributed by atoms with van der Waals surface area (Å²) in [4.78, 5) is 23.7. The zero-order valence-corrected chi connectivity index (χ0v) is 13.6. The van der Waals surface area contributed by atoms with Crippen LogP contribution in [0.15, 0.2) is 48.5 Å². The average molecular weight is 334 g/mol. The molecule has 25 heavy (non-hydrogen) atoms. The highest BCUT2D eigenvalue weighted by Gasteiger charge is 2.29. The molecule has 1 aliphatic rings. The van der Waals surface area contributed by atoms with Crippen LogP contribution in [-0.4, -0.2) is 18.4 Å². The quantitative estimate of drug-likeness (QED) is 0.757. The first-order valence-corrected chi connectivity index (χ1v) is 8.09. The molecule has 1 saturated carbocycles. The number of carbonyl (C=O) groups is 2. The highest BCUT2D eigenvalue weighted by molar-refractivity contribution is 5.95. The monoisotopic (exact) mass is 334 g/mol. The first kappa shape index (κ1) is 16.5. The highest BCUT2D eigenvalue weighted by atomic mass is 16.2. The van der Waals surface area contributed by atoms with Crippen LogP contribution >= 0.6 is 0 Å². The summed E-state index contributed by atoms with van der Waals surface area (Å²) in [5, 5.41) is 17.5. The van der Waals surface area contributed by atoms with Crippen molar-refractivity contribution in [2.24, 2.45) is 5.92 Å². The van der Waals surface area contributed by atoms with Crippen molar-refractivity contribution in [2.75, 3.05) is 22.5 Å². The van der Waals surface area contributed by atoms with Gasteiger partial charge in [-0.1, -0.05) is 6.07 Å². The van der Waals surface area contributed by atoms with E-state index in [1.807, 2.05) is 18.2 Å². The molecule has 0 aromatic heterocycles. The SMILES string of the molecule is N#Cc1cccc(NC(=O)CNc2ccc(NC(=O)C3CC3)cc2)c1. The van der Waals surface area contributed by atoms with Gasteiger partial charge in [0.15, 0.2) is 0 Å². The third-order valence-corrected chi connectivity index (χ3v) is 3.83. The lowest BCUT2D eigenvalue weighted by molar-refractivity contribution is -0.117. The second-order valence-electron chi connectivity index (χ2n) is 5.94. The second kappa shape index (κ2) is 7.49. The molecule has 3 N–H and O–H groups in total. The van der Waals surface area contributed by atoms with E-state index in [9.17, 15) is 9.59 Å². The second-order valence-corrected chi connectivity index (χ2v) is 5.94. The Bertz CT molecular complexity index is 820. The van der Waals surface area contributed by atoms with Crippen LogP contribution in [0.25, 0.3) is 0 Å². The van der Waals surface area contributed by atoms with E-state index in [1.54, 1.807) is 36.4 Å². The van der Waals surface area contributed by atoms with Crippen molar-refractivity contribution in [3.8, 4) is 6.07 Å². The van der Waals surface area contributed by atoms with E-state index in [1.165, 1.54) is 0 Å². The Kier molecular flexibility index (Phi) is 4.95. The first-order valence-electron chi connectivity index (χ1n) is 8.09. The van der Waals surface area contributed by atoms with Crippen LogP contribution in [0.4, 0.5) is 17.1 Å². The Morgan fingerprint density at radius 2 is 1.72 bits per heavy atom. The predicted molar refractivity (Wildman–Crippen MR) is 96.1 cm³/mol. The molecule has 2 amide bonds. The van der Waals surface area contributed by atoms with Crippen molar-refractivity contribution in [1.29, 1.82) is 5.26 Å². The third-order valence-electron chi connectivity index (χ3n) is 3.83. The van der Waals surface area contributed by atoms with Crippen molar-refractivity contribution >= 4 is 28.9 Å². The van der Waals surface area contributed by atoms with Gasteiger partial charge in [-0.2, -0.15) is 5.26 Å². The van der Waals surface area contributed by atoms with Crippen molar-refractivity contribution in [3.63, 3.8) is 0 Å². The molecule has 0 radical (unpaired) electrons. The zero-order chi connectivity index (χ0) is 17.6. The Labute approximate surface area is 145 Å². The lowest BCUT2D eigenvalue weighted by atomic mass is 10.2. The zero-order valence-electron chi connectivity index (χ0n) is 13.6. The van der Waals surface area contributed by atoms with Gasteiger partial charge in [-0.25, -0.2) is 0 Å². The van der Waals surface area contributed by atoms with Crippen molar-refractivity contribution in [1.82, 2.24) is 0 Å². The van der Waals surface area contributed by atoms with Gasteiger partial charge in [-0.3, -0.25) is 9.59 Å². The molecular formula is C19H18N4O2. The normalized spacial score (nSPS) is 12.8. The van der Waals surface area contributed by atoms with Gasteiger partial charge < -0.3 is 16.0 Å². The molecule has 0 spiro atoms. The summed E-state index contributed by atoms with van der Waals surface area (Å²) >= 11 is 0. The summed E-state index contributed by atoms with van der Waals surface area (Å²) in [6.45, 7) is 0.102. The maximum atomic E-state index is 12.0. The van der Waals surface area contributed by atoms with Crippen LogP contribution in [0.3, 0.4) is 0 Å². The summed E-state index contributed by atoms with van der Waals surface area (Å²) < 4.78 is 0.